The van der Waals surface area contributed by atoms with E-state index >= 15 is 0 Å². The van der Waals surface area contributed by atoms with Crippen LogP contribution in [0, 0.1) is 0 Å². The number of hydrogen-bond acceptors (Lipinski definition) is 4. The summed E-state index contributed by atoms with van der Waals surface area (Å²) in [5.74, 6) is 0.886. The van der Waals surface area contributed by atoms with Crippen molar-refractivity contribution < 1.29 is 14.3 Å². The van der Waals surface area contributed by atoms with E-state index < -0.39 is 0 Å². The largest absolute Gasteiger partial charge is 0.491 e. The van der Waals surface area contributed by atoms with Crippen LogP contribution in [0.15, 0.2) is 24.3 Å². The number of amides is 1. The second kappa shape index (κ2) is 19.5. The summed E-state index contributed by atoms with van der Waals surface area (Å²) >= 11 is 0. The summed E-state index contributed by atoms with van der Waals surface area (Å²) in [6.45, 7) is 4.80. The van der Waals surface area contributed by atoms with Crippen LogP contribution in [0.25, 0.3) is 0 Å². The van der Waals surface area contributed by atoms with Gasteiger partial charge in [-0.25, -0.2) is 0 Å². The maximum absolute atomic E-state index is 12.1. The summed E-state index contributed by atoms with van der Waals surface area (Å²) in [7, 11) is 0. The first kappa shape index (κ1) is 28.5. The second-order valence-electron chi connectivity index (χ2n) is 9.77. The van der Waals surface area contributed by atoms with Crippen molar-refractivity contribution in [2.24, 2.45) is 0 Å². The van der Waals surface area contributed by atoms with Crippen molar-refractivity contribution in [2.45, 2.75) is 116 Å². The first-order chi connectivity index (χ1) is 16.8. The lowest BCUT2D eigenvalue weighted by Crippen LogP contribution is -2.30. The highest BCUT2D eigenvalue weighted by Crippen LogP contribution is 2.18. The Morgan fingerprint density at radius 2 is 1.47 bits per heavy atom. The third-order valence-electron chi connectivity index (χ3n) is 6.62. The summed E-state index contributed by atoms with van der Waals surface area (Å²) in [4.78, 5) is 12.1. The Labute approximate surface area is 208 Å². The van der Waals surface area contributed by atoms with Crippen LogP contribution >= 0.6 is 0 Å². The number of benzene rings is 1. The van der Waals surface area contributed by atoms with Crippen molar-refractivity contribution in [3.05, 3.63) is 24.3 Å². The molecule has 1 atom stereocenters. The average Bonchev–Trinajstić information content (AvgIpc) is 3.38. The molecule has 0 aromatic heterocycles. The van der Waals surface area contributed by atoms with Gasteiger partial charge in [0.05, 0.1) is 12.6 Å². The van der Waals surface area contributed by atoms with Crippen molar-refractivity contribution >= 4 is 11.6 Å². The first-order valence-electron chi connectivity index (χ1n) is 14.1. The maximum atomic E-state index is 12.1. The lowest BCUT2D eigenvalue weighted by atomic mass is 10.0. The quantitative estimate of drug-likeness (QED) is 0.184. The number of hydrogen-bond donors (Lipinski definition) is 2. The first-order valence-corrected chi connectivity index (χ1v) is 14.1. The van der Waals surface area contributed by atoms with Crippen LogP contribution in [0.3, 0.4) is 0 Å². The van der Waals surface area contributed by atoms with Gasteiger partial charge in [0, 0.05) is 18.8 Å². The van der Waals surface area contributed by atoms with Crippen molar-refractivity contribution in [1.29, 1.82) is 0 Å². The zero-order valence-electron chi connectivity index (χ0n) is 21.8. The molecule has 1 fully saturated rings. The van der Waals surface area contributed by atoms with E-state index in [4.69, 9.17) is 9.47 Å². The molecule has 0 aliphatic carbocycles. The molecule has 1 aromatic rings. The molecule has 0 bridgehead atoms. The van der Waals surface area contributed by atoms with E-state index in [1.165, 1.54) is 83.5 Å². The predicted octanol–water partition coefficient (Wildman–Crippen LogP) is 7.25. The van der Waals surface area contributed by atoms with Gasteiger partial charge >= 0.3 is 0 Å². The fourth-order valence-corrected chi connectivity index (χ4v) is 4.43. The van der Waals surface area contributed by atoms with E-state index in [9.17, 15) is 4.79 Å². The molecule has 1 aliphatic rings. The summed E-state index contributed by atoms with van der Waals surface area (Å²) in [6.07, 6.45) is 21.3. The molecule has 1 aromatic carbocycles. The Balaban J connectivity index is 1.35. The molecule has 1 heterocycles. The van der Waals surface area contributed by atoms with Crippen LogP contribution < -0.4 is 15.4 Å². The van der Waals surface area contributed by atoms with Crippen molar-refractivity contribution in [3.8, 4) is 5.75 Å². The van der Waals surface area contributed by atoms with E-state index in [1.807, 2.05) is 24.3 Å². The molecule has 1 aliphatic heterocycles. The molecule has 5 heteroatoms. The topological polar surface area (TPSA) is 59.6 Å². The van der Waals surface area contributed by atoms with Gasteiger partial charge in [-0.2, -0.15) is 0 Å². The molecular weight excluding hydrogens is 424 g/mol. The van der Waals surface area contributed by atoms with E-state index in [1.54, 1.807) is 0 Å². The number of unbranched alkanes of at least 4 members (excludes halogenated alkanes) is 13. The number of carbonyl (C=O) groups excluding carboxylic acids is 1. The van der Waals surface area contributed by atoms with E-state index in [2.05, 4.69) is 17.6 Å². The second-order valence-corrected chi connectivity index (χ2v) is 9.77. The zero-order valence-corrected chi connectivity index (χ0v) is 21.8. The molecule has 0 radical (unpaired) electrons. The number of ether oxygens (including phenoxy) is 2. The smallest absolute Gasteiger partial charge is 0.239 e. The molecule has 1 unspecified atom stereocenters. The van der Waals surface area contributed by atoms with Crippen LogP contribution in [0.1, 0.15) is 110 Å². The van der Waals surface area contributed by atoms with Crippen LogP contribution in [0.4, 0.5) is 5.69 Å². The lowest BCUT2D eigenvalue weighted by molar-refractivity contribution is -0.119. The zero-order chi connectivity index (χ0) is 24.1. The van der Waals surface area contributed by atoms with Crippen LogP contribution in [0.5, 0.6) is 5.75 Å². The minimum Gasteiger partial charge on any atom is -0.491 e. The fourth-order valence-electron chi connectivity index (χ4n) is 4.43. The molecule has 34 heavy (non-hydrogen) atoms. The molecule has 2 N–H and O–H groups in total. The van der Waals surface area contributed by atoms with Gasteiger partial charge < -0.3 is 20.1 Å². The molecule has 5 nitrogen and oxygen atoms in total. The highest BCUT2D eigenvalue weighted by atomic mass is 16.5. The standard InChI is InChI=1S/C29H50N2O3/c1-2-3-4-5-6-7-8-9-10-11-12-13-14-15-22-30-29(32)24-31-26-18-20-27(21-19-26)34-25-28-17-16-23-33-28/h18-21,28,31H,2-17,22-25H2,1H3,(H,30,32). The molecule has 1 amide bonds. The minimum absolute atomic E-state index is 0.0494. The Morgan fingerprint density at radius 3 is 2.03 bits per heavy atom. The predicted molar refractivity (Wildman–Crippen MR) is 143 cm³/mol. The summed E-state index contributed by atoms with van der Waals surface area (Å²) in [5, 5.41) is 6.20. The number of nitrogens with one attached hydrogen (secondary N) is 2. The normalized spacial score (nSPS) is 15.4. The number of carbonyl (C=O) groups is 1. The van der Waals surface area contributed by atoms with Gasteiger partial charge in [-0.1, -0.05) is 90.4 Å². The Morgan fingerprint density at radius 1 is 0.882 bits per heavy atom. The highest BCUT2D eigenvalue weighted by molar-refractivity contribution is 5.80. The molecule has 0 spiro atoms. The summed E-state index contributed by atoms with van der Waals surface area (Å²) < 4.78 is 11.3. The lowest BCUT2D eigenvalue weighted by Gasteiger charge is -2.12. The average molecular weight is 475 g/mol. The Bertz CT molecular complexity index is 614. The minimum atomic E-state index is 0.0494. The third kappa shape index (κ3) is 14.5. The van der Waals surface area contributed by atoms with Crippen LogP contribution in [-0.4, -0.2) is 38.3 Å². The number of rotatable bonds is 21. The number of anilines is 1. The van der Waals surface area contributed by atoms with Gasteiger partial charge in [0.15, 0.2) is 0 Å². The highest BCUT2D eigenvalue weighted by Gasteiger charge is 2.15. The van der Waals surface area contributed by atoms with Gasteiger partial charge in [-0.3, -0.25) is 4.79 Å². The maximum Gasteiger partial charge on any atom is 0.239 e. The molecule has 0 saturated carbocycles. The molecule has 194 valence electrons. The molecule has 2 rings (SSSR count). The monoisotopic (exact) mass is 474 g/mol. The van der Waals surface area contributed by atoms with E-state index in [0.717, 1.165) is 43.9 Å². The summed E-state index contributed by atoms with van der Waals surface area (Å²) in [5.41, 5.74) is 0.927. The van der Waals surface area contributed by atoms with Gasteiger partial charge in [-0.05, 0) is 43.5 Å². The van der Waals surface area contributed by atoms with E-state index in [0.29, 0.717) is 13.2 Å². The van der Waals surface area contributed by atoms with Crippen LogP contribution in [-0.2, 0) is 9.53 Å². The van der Waals surface area contributed by atoms with Crippen molar-refractivity contribution in [2.75, 3.05) is 31.6 Å². The van der Waals surface area contributed by atoms with Crippen molar-refractivity contribution in [3.63, 3.8) is 0 Å². The summed E-state index contributed by atoms with van der Waals surface area (Å²) in [6, 6.07) is 7.77. The SMILES string of the molecule is CCCCCCCCCCCCCCCCNC(=O)CNc1ccc(OCC2CCCO2)cc1. The Hall–Kier alpha value is -1.75. The van der Waals surface area contributed by atoms with Gasteiger partial charge in [0.2, 0.25) is 5.91 Å². The van der Waals surface area contributed by atoms with Gasteiger partial charge in [-0.15, -0.1) is 0 Å². The Kier molecular flexibility index (Phi) is 16.4. The fraction of sp³-hybridized carbons (Fsp3) is 0.759. The van der Waals surface area contributed by atoms with Crippen molar-refractivity contribution in [1.82, 2.24) is 5.32 Å². The molecular formula is C29H50N2O3. The van der Waals surface area contributed by atoms with Crippen LogP contribution in [0.2, 0.25) is 0 Å². The van der Waals surface area contributed by atoms with Gasteiger partial charge in [0.25, 0.3) is 0 Å². The van der Waals surface area contributed by atoms with E-state index in [-0.39, 0.29) is 12.0 Å². The third-order valence-corrected chi connectivity index (χ3v) is 6.62. The van der Waals surface area contributed by atoms with Gasteiger partial charge in [0.1, 0.15) is 12.4 Å². The molecule has 1 saturated heterocycles.